The van der Waals surface area contributed by atoms with Crippen molar-refractivity contribution in [2.24, 2.45) is 0 Å². The molecule has 3 N–H and O–H groups in total. The quantitative estimate of drug-likeness (QED) is 0.547. The molecular weight excluding hydrogens is 353 g/mol. The molecule has 134 valence electrons. The summed E-state index contributed by atoms with van der Waals surface area (Å²) in [7, 11) is 0. The van der Waals surface area contributed by atoms with Crippen LogP contribution in [0.3, 0.4) is 0 Å². The first-order chi connectivity index (χ1) is 11.5. The van der Waals surface area contributed by atoms with E-state index in [0.29, 0.717) is 0 Å². The zero-order valence-corrected chi connectivity index (χ0v) is 12.0. The normalized spacial score (nSPS) is 12.8. The molecule has 0 spiro atoms. The van der Waals surface area contributed by atoms with Crippen LogP contribution in [-0.2, 0) is 20.7 Å². The van der Waals surface area contributed by atoms with Crippen molar-refractivity contribution in [2.45, 2.75) is 18.7 Å². The SMILES string of the molecule is O=C(O)[C@H](Cc1cc(=O)oc2cc(O)cc(O)c12)OC(=O)C(F)(F)F. The predicted molar refractivity (Wildman–Crippen MR) is 73.1 cm³/mol. The first-order valence-electron chi connectivity index (χ1n) is 6.48. The molecule has 2 aromatic rings. The van der Waals surface area contributed by atoms with Gasteiger partial charge in [0.15, 0.2) is 0 Å². The number of carbonyl (C=O) groups is 2. The largest absolute Gasteiger partial charge is 0.508 e. The zero-order valence-electron chi connectivity index (χ0n) is 12.0. The number of benzene rings is 1. The number of fused-ring (bicyclic) bond motifs is 1. The summed E-state index contributed by atoms with van der Waals surface area (Å²) >= 11 is 0. The molecule has 25 heavy (non-hydrogen) atoms. The van der Waals surface area contributed by atoms with Crippen LogP contribution in [0, 0.1) is 0 Å². The molecule has 1 atom stereocenters. The standard InChI is InChI=1S/C14H9F3O8/c15-14(16,17)13(23)25-9(12(21)22)1-5-2-10(20)24-8-4-6(18)3-7(19)11(5)8/h2-4,9,18-19H,1H2,(H,21,22)/t9-/m0/s1. The Morgan fingerprint density at radius 1 is 1.20 bits per heavy atom. The van der Waals surface area contributed by atoms with Gasteiger partial charge >= 0.3 is 23.7 Å². The van der Waals surface area contributed by atoms with Gasteiger partial charge in [-0.3, -0.25) is 0 Å². The van der Waals surface area contributed by atoms with Crippen molar-refractivity contribution in [3.05, 3.63) is 34.2 Å². The number of hydrogen-bond acceptors (Lipinski definition) is 7. The van der Waals surface area contributed by atoms with Gasteiger partial charge in [0.05, 0.1) is 5.39 Å². The van der Waals surface area contributed by atoms with Gasteiger partial charge in [-0.05, 0) is 5.56 Å². The second-order valence-electron chi connectivity index (χ2n) is 4.86. The highest BCUT2D eigenvalue weighted by Gasteiger charge is 2.43. The molecule has 0 saturated heterocycles. The summed E-state index contributed by atoms with van der Waals surface area (Å²) in [6.07, 6.45) is -8.52. The third-order valence-corrected chi connectivity index (χ3v) is 3.05. The Morgan fingerprint density at radius 3 is 2.40 bits per heavy atom. The van der Waals surface area contributed by atoms with Crippen LogP contribution in [0.15, 0.2) is 27.4 Å². The van der Waals surface area contributed by atoms with Crippen molar-refractivity contribution < 1.29 is 47.2 Å². The number of rotatable bonds is 4. The molecule has 0 bridgehead atoms. The molecule has 0 saturated carbocycles. The molecule has 1 aromatic carbocycles. The second kappa shape index (κ2) is 6.34. The van der Waals surface area contributed by atoms with Crippen LogP contribution in [0.1, 0.15) is 5.56 Å². The Bertz CT molecular complexity index is 899. The van der Waals surface area contributed by atoms with E-state index < -0.39 is 47.8 Å². The number of carboxylic acid groups (broad SMARTS) is 1. The number of hydrogen-bond donors (Lipinski definition) is 3. The Labute approximate surface area is 135 Å². The Morgan fingerprint density at radius 2 is 1.84 bits per heavy atom. The molecule has 0 amide bonds. The van der Waals surface area contributed by atoms with E-state index in [1.165, 1.54) is 0 Å². The molecule has 0 fully saturated rings. The molecule has 0 aliphatic carbocycles. The van der Waals surface area contributed by atoms with Crippen LogP contribution < -0.4 is 5.63 Å². The molecule has 0 aliphatic rings. The number of carboxylic acids is 1. The van der Waals surface area contributed by atoms with Crippen LogP contribution >= 0.6 is 0 Å². The number of halogens is 3. The summed E-state index contributed by atoms with van der Waals surface area (Å²) in [5, 5.41) is 27.9. The number of phenols is 2. The average Bonchev–Trinajstić information content (AvgIpc) is 2.43. The monoisotopic (exact) mass is 362 g/mol. The summed E-state index contributed by atoms with van der Waals surface area (Å²) in [4.78, 5) is 33.4. The summed E-state index contributed by atoms with van der Waals surface area (Å²) in [5.41, 5.74) is -1.59. The number of esters is 1. The van der Waals surface area contributed by atoms with E-state index in [9.17, 15) is 37.8 Å². The van der Waals surface area contributed by atoms with E-state index in [4.69, 9.17) is 9.52 Å². The highest BCUT2D eigenvalue weighted by Crippen LogP contribution is 2.32. The van der Waals surface area contributed by atoms with Crippen molar-refractivity contribution in [1.29, 1.82) is 0 Å². The van der Waals surface area contributed by atoms with Gasteiger partial charge in [-0.25, -0.2) is 14.4 Å². The molecule has 0 unspecified atom stereocenters. The molecule has 8 nitrogen and oxygen atoms in total. The number of aliphatic carboxylic acids is 1. The van der Waals surface area contributed by atoms with Gasteiger partial charge < -0.3 is 24.5 Å². The van der Waals surface area contributed by atoms with Gasteiger partial charge in [0, 0.05) is 24.6 Å². The maximum absolute atomic E-state index is 12.2. The number of phenolic OH excluding ortho intramolecular Hbond substituents is 2. The second-order valence-corrected chi connectivity index (χ2v) is 4.86. The molecule has 2 rings (SSSR count). The van der Waals surface area contributed by atoms with E-state index in [0.717, 1.165) is 18.2 Å². The number of aromatic hydroxyl groups is 2. The summed E-state index contributed by atoms with van der Waals surface area (Å²) in [6, 6.07) is 2.53. The summed E-state index contributed by atoms with van der Waals surface area (Å²) in [5.74, 6) is -5.69. The van der Waals surface area contributed by atoms with E-state index >= 15 is 0 Å². The summed E-state index contributed by atoms with van der Waals surface area (Å²) < 4.78 is 45.3. The van der Waals surface area contributed by atoms with Crippen LogP contribution in [0.2, 0.25) is 0 Å². The lowest BCUT2D eigenvalue weighted by Gasteiger charge is -2.16. The van der Waals surface area contributed by atoms with Crippen LogP contribution in [0.5, 0.6) is 11.5 Å². The Kier molecular flexibility index (Phi) is 4.59. The van der Waals surface area contributed by atoms with Crippen molar-refractivity contribution >= 4 is 22.9 Å². The minimum Gasteiger partial charge on any atom is -0.508 e. The smallest absolute Gasteiger partial charge is 0.490 e. The zero-order chi connectivity index (χ0) is 18.9. The maximum Gasteiger partial charge on any atom is 0.490 e. The lowest BCUT2D eigenvalue weighted by Crippen LogP contribution is -2.35. The fourth-order valence-corrected chi connectivity index (χ4v) is 2.08. The fraction of sp³-hybridized carbons (Fsp3) is 0.214. The third kappa shape index (κ3) is 4.00. The molecule has 11 heteroatoms. The van der Waals surface area contributed by atoms with Crippen molar-refractivity contribution in [1.82, 2.24) is 0 Å². The fourth-order valence-electron chi connectivity index (χ4n) is 2.08. The van der Waals surface area contributed by atoms with Gasteiger partial charge in [-0.1, -0.05) is 0 Å². The lowest BCUT2D eigenvalue weighted by atomic mass is 10.0. The van der Waals surface area contributed by atoms with E-state index in [1.54, 1.807) is 0 Å². The lowest BCUT2D eigenvalue weighted by molar-refractivity contribution is -0.207. The van der Waals surface area contributed by atoms with Gasteiger partial charge in [0.1, 0.15) is 17.1 Å². The molecular formula is C14H9F3O8. The Hall–Kier alpha value is -3.24. The first kappa shape index (κ1) is 18.1. The Balaban J connectivity index is 2.48. The topological polar surface area (TPSA) is 134 Å². The van der Waals surface area contributed by atoms with Gasteiger partial charge in [-0.2, -0.15) is 13.2 Å². The number of alkyl halides is 3. The first-order valence-corrected chi connectivity index (χ1v) is 6.48. The highest BCUT2D eigenvalue weighted by molar-refractivity contribution is 5.89. The minimum absolute atomic E-state index is 0.216. The van der Waals surface area contributed by atoms with Crippen LogP contribution in [-0.4, -0.2) is 39.5 Å². The highest BCUT2D eigenvalue weighted by atomic mass is 19.4. The predicted octanol–water partition coefficient (Wildman–Crippen LogP) is 1.31. The molecule has 0 aliphatic heterocycles. The summed E-state index contributed by atoms with van der Waals surface area (Å²) in [6.45, 7) is 0. The van der Waals surface area contributed by atoms with Crippen LogP contribution in [0.25, 0.3) is 11.0 Å². The van der Waals surface area contributed by atoms with E-state index in [1.807, 2.05) is 0 Å². The van der Waals surface area contributed by atoms with Crippen molar-refractivity contribution in [3.8, 4) is 11.5 Å². The van der Waals surface area contributed by atoms with E-state index in [2.05, 4.69) is 4.74 Å². The average molecular weight is 362 g/mol. The minimum atomic E-state index is -5.40. The molecule has 1 aromatic heterocycles. The number of carbonyl (C=O) groups excluding carboxylic acids is 1. The third-order valence-electron chi connectivity index (χ3n) is 3.05. The van der Waals surface area contributed by atoms with Gasteiger partial charge in [0.2, 0.25) is 6.10 Å². The molecule has 0 radical (unpaired) electrons. The van der Waals surface area contributed by atoms with Gasteiger partial charge in [-0.15, -0.1) is 0 Å². The van der Waals surface area contributed by atoms with Crippen molar-refractivity contribution in [3.63, 3.8) is 0 Å². The van der Waals surface area contributed by atoms with Gasteiger partial charge in [0.25, 0.3) is 0 Å². The number of ether oxygens (including phenoxy) is 1. The van der Waals surface area contributed by atoms with Crippen molar-refractivity contribution in [2.75, 3.05) is 0 Å². The van der Waals surface area contributed by atoms with E-state index in [-0.39, 0.29) is 16.5 Å². The molecule has 1 heterocycles. The van der Waals surface area contributed by atoms with Crippen LogP contribution in [0.4, 0.5) is 13.2 Å². The maximum atomic E-state index is 12.2.